The molecule has 2 aromatic heterocycles. The van der Waals surface area contributed by atoms with Gasteiger partial charge in [0.2, 0.25) is 0 Å². The van der Waals surface area contributed by atoms with Crippen LogP contribution in [-0.2, 0) is 6.54 Å². The van der Waals surface area contributed by atoms with Crippen LogP contribution in [0.15, 0.2) is 24.4 Å². The Balaban J connectivity index is 1.63. The number of aryl methyl sites for hydroxylation is 1. The van der Waals surface area contributed by atoms with Gasteiger partial charge in [0.05, 0.1) is 6.20 Å². The third-order valence-corrected chi connectivity index (χ3v) is 6.41. The van der Waals surface area contributed by atoms with Gasteiger partial charge in [0.15, 0.2) is 11.5 Å². The number of rotatable bonds is 6. The molecule has 0 aliphatic carbocycles. The van der Waals surface area contributed by atoms with Crippen LogP contribution < -0.4 is 16.0 Å². The second-order valence-corrected chi connectivity index (χ2v) is 9.06. The van der Waals surface area contributed by atoms with E-state index in [2.05, 4.69) is 15.4 Å². The molecule has 1 aliphatic rings. The molecule has 11 heteroatoms. The van der Waals surface area contributed by atoms with Crippen LogP contribution >= 0.6 is 11.3 Å². The Morgan fingerprint density at radius 1 is 1.24 bits per heavy atom. The Bertz CT molecular complexity index is 1140. The highest BCUT2D eigenvalue weighted by atomic mass is 32.1. The number of alkyl halides is 2. The normalized spacial score (nSPS) is 14.5. The van der Waals surface area contributed by atoms with E-state index in [1.165, 1.54) is 16.9 Å². The Hall–Kier alpha value is -3.08. The van der Waals surface area contributed by atoms with Crippen LogP contribution in [0.5, 0.6) is 0 Å². The van der Waals surface area contributed by atoms with Crippen molar-refractivity contribution in [2.24, 2.45) is 0 Å². The molecule has 1 saturated heterocycles. The van der Waals surface area contributed by atoms with Crippen molar-refractivity contribution in [2.75, 3.05) is 29.0 Å². The van der Waals surface area contributed by atoms with Gasteiger partial charge >= 0.3 is 0 Å². The van der Waals surface area contributed by atoms with Gasteiger partial charge in [-0.15, -0.1) is 0 Å². The molecule has 1 fully saturated rings. The first-order chi connectivity index (χ1) is 15.8. The fraction of sp³-hybridized carbons (Fsp3) is 0.409. The van der Waals surface area contributed by atoms with Crippen molar-refractivity contribution in [3.63, 3.8) is 0 Å². The summed E-state index contributed by atoms with van der Waals surface area (Å²) in [6.07, 6.45) is 2.77. The van der Waals surface area contributed by atoms with Gasteiger partial charge in [-0.25, -0.2) is 22.8 Å². The van der Waals surface area contributed by atoms with Crippen molar-refractivity contribution >= 4 is 33.8 Å². The summed E-state index contributed by atoms with van der Waals surface area (Å²) in [5.41, 5.74) is 7.42. The lowest BCUT2D eigenvalue weighted by Crippen LogP contribution is -2.29. The van der Waals surface area contributed by atoms with Crippen molar-refractivity contribution in [3.05, 3.63) is 41.5 Å². The lowest BCUT2D eigenvalue weighted by molar-refractivity contribution is 0.102. The number of nitrogens with one attached hydrogen (secondary N) is 1. The van der Waals surface area contributed by atoms with Crippen LogP contribution in [0.4, 0.5) is 29.7 Å². The largest absolute Gasteiger partial charge is 0.389 e. The third kappa shape index (κ3) is 5.13. The molecule has 0 spiro atoms. The molecule has 0 bridgehead atoms. The molecule has 0 saturated carbocycles. The average Bonchev–Trinajstić information content (AvgIpc) is 3.22. The highest BCUT2D eigenvalue weighted by Gasteiger charge is 2.25. The molecule has 1 aliphatic heterocycles. The lowest BCUT2D eigenvalue weighted by atomic mass is 10.1. The number of amides is 1. The number of hydrogen-bond acceptors (Lipinski definition) is 6. The van der Waals surface area contributed by atoms with E-state index < -0.39 is 24.7 Å². The summed E-state index contributed by atoms with van der Waals surface area (Å²) in [4.78, 5) is 19.3. The number of nitrogen functional groups attached to an aromatic ring is 1. The number of benzene rings is 1. The van der Waals surface area contributed by atoms with Crippen molar-refractivity contribution < 1.29 is 18.0 Å². The zero-order chi connectivity index (χ0) is 23.5. The summed E-state index contributed by atoms with van der Waals surface area (Å²) in [6.45, 7) is 2.63. The smallest absolute Gasteiger partial charge is 0.277 e. The van der Waals surface area contributed by atoms with E-state index in [1.54, 1.807) is 12.1 Å². The quantitative estimate of drug-likeness (QED) is 0.524. The van der Waals surface area contributed by atoms with Gasteiger partial charge in [0, 0.05) is 18.7 Å². The first kappa shape index (κ1) is 23.1. The van der Waals surface area contributed by atoms with Crippen molar-refractivity contribution in [2.45, 2.75) is 45.6 Å². The number of halogens is 3. The Kier molecular flexibility index (Phi) is 6.87. The van der Waals surface area contributed by atoms with Crippen LogP contribution in [0.3, 0.4) is 0 Å². The maximum absolute atomic E-state index is 14.3. The highest BCUT2D eigenvalue weighted by molar-refractivity contribution is 7.19. The molecule has 4 rings (SSSR count). The van der Waals surface area contributed by atoms with Crippen LogP contribution in [0.25, 0.3) is 10.6 Å². The summed E-state index contributed by atoms with van der Waals surface area (Å²) in [7, 11) is 0. The molecule has 3 heterocycles. The van der Waals surface area contributed by atoms with E-state index in [4.69, 9.17) is 5.73 Å². The minimum Gasteiger partial charge on any atom is -0.389 e. The van der Waals surface area contributed by atoms with Crippen LogP contribution in [-0.4, -0.2) is 40.2 Å². The molecule has 176 valence electrons. The molecule has 1 aromatic carbocycles. The molecular formula is C22H25F3N6OS. The number of hydrogen-bond donors (Lipinski definition) is 2. The fourth-order valence-electron chi connectivity index (χ4n) is 3.94. The molecule has 3 aromatic rings. The molecule has 7 nitrogen and oxygen atoms in total. The van der Waals surface area contributed by atoms with Crippen molar-refractivity contribution in [1.29, 1.82) is 0 Å². The predicted molar refractivity (Wildman–Crippen MR) is 124 cm³/mol. The van der Waals surface area contributed by atoms with Crippen LogP contribution in [0, 0.1) is 12.7 Å². The average molecular weight is 479 g/mol. The number of carbonyl (C=O) groups is 1. The third-order valence-electron chi connectivity index (χ3n) is 5.50. The topological polar surface area (TPSA) is 89.1 Å². The van der Waals surface area contributed by atoms with Gasteiger partial charge in [-0.2, -0.15) is 5.10 Å². The zero-order valence-electron chi connectivity index (χ0n) is 18.2. The molecule has 0 atom stereocenters. The zero-order valence-corrected chi connectivity index (χ0v) is 19.0. The Labute approximate surface area is 193 Å². The van der Waals surface area contributed by atoms with Crippen molar-refractivity contribution in [1.82, 2.24) is 14.8 Å². The van der Waals surface area contributed by atoms with Gasteiger partial charge < -0.3 is 16.0 Å². The van der Waals surface area contributed by atoms with Gasteiger partial charge in [0.25, 0.3) is 12.3 Å². The minimum absolute atomic E-state index is 0.0423. The number of nitrogens with zero attached hydrogens (tertiary/aromatic N) is 4. The van der Waals surface area contributed by atoms with Gasteiger partial charge in [-0.05, 0) is 31.9 Å². The number of anilines is 3. The van der Waals surface area contributed by atoms with Crippen LogP contribution in [0.2, 0.25) is 0 Å². The monoisotopic (exact) mass is 478 g/mol. The Morgan fingerprint density at radius 3 is 2.67 bits per heavy atom. The summed E-state index contributed by atoms with van der Waals surface area (Å²) in [5.74, 6) is -0.613. The first-order valence-electron chi connectivity index (χ1n) is 10.8. The second kappa shape index (κ2) is 9.82. The minimum atomic E-state index is -2.58. The molecule has 33 heavy (non-hydrogen) atoms. The summed E-state index contributed by atoms with van der Waals surface area (Å²) >= 11 is 1.01. The van der Waals surface area contributed by atoms with E-state index in [1.807, 2.05) is 11.8 Å². The van der Waals surface area contributed by atoms with E-state index >= 15 is 0 Å². The van der Waals surface area contributed by atoms with E-state index in [9.17, 15) is 18.0 Å². The SMILES string of the molecule is Cc1ccc(F)c(-c2nc(C(=O)Nc3cnn(CC(F)F)c3N3CCCCCC3)c(N)s2)c1. The standard InChI is InChI=1S/C22H25F3N6OS/c1-13-6-7-15(23)14(10-13)21-29-18(19(26)33-21)20(32)28-16-11-27-31(12-17(24)25)22(16)30-8-4-2-3-5-9-30/h6-7,10-11,17H,2-5,8-9,12,26H2,1H3,(H,28,32). The van der Waals surface area contributed by atoms with E-state index in [-0.39, 0.29) is 16.3 Å². The number of nitrogens with two attached hydrogens (primary N) is 1. The molecule has 0 radical (unpaired) electrons. The second-order valence-electron chi connectivity index (χ2n) is 8.03. The number of aromatic nitrogens is 3. The summed E-state index contributed by atoms with van der Waals surface area (Å²) < 4.78 is 41.8. The molecule has 1 amide bonds. The fourth-order valence-corrected chi connectivity index (χ4v) is 4.79. The summed E-state index contributed by atoms with van der Waals surface area (Å²) in [5, 5.41) is 7.25. The van der Waals surface area contributed by atoms with Gasteiger partial charge in [0.1, 0.15) is 28.1 Å². The summed E-state index contributed by atoms with van der Waals surface area (Å²) in [6, 6.07) is 4.62. The Morgan fingerprint density at radius 2 is 1.97 bits per heavy atom. The lowest BCUT2D eigenvalue weighted by Gasteiger charge is -2.25. The number of thiazole rings is 1. The van der Waals surface area contributed by atoms with E-state index in [0.29, 0.717) is 29.6 Å². The maximum atomic E-state index is 14.3. The van der Waals surface area contributed by atoms with Crippen molar-refractivity contribution in [3.8, 4) is 10.6 Å². The highest BCUT2D eigenvalue weighted by Crippen LogP contribution is 2.34. The van der Waals surface area contributed by atoms with Gasteiger partial charge in [-0.1, -0.05) is 35.8 Å². The number of carbonyl (C=O) groups excluding carboxylic acids is 1. The first-order valence-corrected chi connectivity index (χ1v) is 11.6. The van der Waals surface area contributed by atoms with Gasteiger partial charge in [-0.3, -0.25) is 4.79 Å². The molecule has 0 unspecified atom stereocenters. The predicted octanol–water partition coefficient (Wildman–Crippen LogP) is 4.93. The molecule has 3 N–H and O–H groups in total. The van der Waals surface area contributed by atoms with E-state index in [0.717, 1.165) is 42.6 Å². The van der Waals surface area contributed by atoms with Crippen LogP contribution in [0.1, 0.15) is 41.7 Å². The maximum Gasteiger partial charge on any atom is 0.277 e. The molecular weight excluding hydrogens is 453 g/mol.